The molecule has 1 aromatic heterocycles. The molecule has 2 rings (SSSR count). The monoisotopic (exact) mass is 373 g/mol. The molecule has 0 atom stereocenters. The van der Waals surface area contributed by atoms with E-state index in [9.17, 15) is 9.59 Å². The number of rotatable bonds is 6. The van der Waals surface area contributed by atoms with Crippen molar-refractivity contribution in [1.29, 1.82) is 0 Å². The largest absolute Gasteiger partial charge is 0.444 e. The lowest BCUT2D eigenvalue weighted by Gasteiger charge is -2.19. The van der Waals surface area contributed by atoms with Gasteiger partial charge in [0.25, 0.3) is 0 Å². The Kier molecular flexibility index (Phi) is 7.03. The number of aromatic nitrogens is 1. The molecule has 2 amide bonds. The summed E-state index contributed by atoms with van der Waals surface area (Å²) in [5.41, 5.74) is 1.20. The first-order valence-corrected chi connectivity index (χ1v) is 9.20. The van der Waals surface area contributed by atoms with Crippen LogP contribution in [-0.4, -0.2) is 29.1 Å². The van der Waals surface area contributed by atoms with Crippen LogP contribution in [-0.2, 0) is 15.3 Å². The van der Waals surface area contributed by atoms with Gasteiger partial charge in [-0.05, 0) is 38.5 Å². The van der Waals surface area contributed by atoms with Crippen LogP contribution in [0.25, 0.3) is 0 Å². The van der Waals surface area contributed by atoms with Crippen molar-refractivity contribution in [3.63, 3.8) is 0 Å². The van der Waals surface area contributed by atoms with Crippen LogP contribution in [0, 0.1) is 0 Å². The maximum atomic E-state index is 11.9. The van der Waals surface area contributed by atoms with E-state index in [2.05, 4.69) is 27.8 Å². The van der Waals surface area contributed by atoms with Crippen molar-refractivity contribution in [2.75, 3.05) is 11.9 Å². The Morgan fingerprint density at radius 1 is 1.12 bits per heavy atom. The normalized spacial score (nSPS) is 10.9. The average molecular weight is 373 g/mol. The Bertz CT molecular complexity index is 728. The predicted molar refractivity (Wildman–Crippen MR) is 103 cm³/mol. The first-order chi connectivity index (χ1) is 12.3. The second kappa shape index (κ2) is 9.24. The van der Waals surface area contributed by atoms with Gasteiger partial charge in [-0.1, -0.05) is 30.3 Å². The fourth-order valence-electron chi connectivity index (χ4n) is 1.94. The summed E-state index contributed by atoms with van der Waals surface area (Å²) in [6.45, 7) is 5.11. The zero-order valence-electron chi connectivity index (χ0n) is 15.1. The van der Waals surface area contributed by atoms with Gasteiger partial charge in [-0.25, -0.2) is 9.78 Å². The zero-order chi connectivity index (χ0) is 19.0. The molecule has 0 aliphatic heterocycles. The van der Waals surface area contributed by atoms with E-state index in [0.717, 1.165) is 10.8 Å². The molecule has 26 heavy (non-hydrogen) atoms. The third-order valence-electron chi connectivity index (χ3n) is 3.04. The smallest absolute Gasteiger partial charge is 0.408 e. The van der Waals surface area contributed by atoms with E-state index in [1.165, 1.54) is 5.56 Å². The number of anilines is 1. The molecule has 6 nitrogen and oxygen atoms in total. The molecule has 0 bridgehead atoms. The maximum absolute atomic E-state index is 11.9. The van der Waals surface area contributed by atoms with Gasteiger partial charge in [0.2, 0.25) is 5.91 Å². The van der Waals surface area contributed by atoms with E-state index in [1.807, 2.05) is 24.3 Å². The second-order valence-electron chi connectivity index (χ2n) is 6.56. The van der Waals surface area contributed by atoms with E-state index in [4.69, 9.17) is 4.74 Å². The van der Waals surface area contributed by atoms with Crippen molar-refractivity contribution in [3.05, 3.63) is 54.2 Å². The molecule has 1 aromatic carbocycles. The van der Waals surface area contributed by atoms with E-state index < -0.39 is 11.7 Å². The molecule has 0 aliphatic rings. The fourth-order valence-corrected chi connectivity index (χ4v) is 2.74. The number of carbonyl (C=O) groups excluding carboxylic acids is 2. The summed E-state index contributed by atoms with van der Waals surface area (Å²) in [5, 5.41) is 5.97. The molecule has 0 aliphatic carbocycles. The molecule has 0 fully saturated rings. The van der Waals surface area contributed by atoms with Crippen LogP contribution in [0.1, 0.15) is 26.3 Å². The quantitative estimate of drug-likeness (QED) is 0.752. The lowest BCUT2D eigenvalue weighted by molar-refractivity contribution is -0.115. The molecule has 0 radical (unpaired) electrons. The molecule has 2 aromatic rings. The van der Waals surface area contributed by atoms with Crippen LogP contribution in [0.15, 0.2) is 53.7 Å². The lowest BCUT2D eigenvalue weighted by Crippen LogP contribution is -2.37. The third kappa shape index (κ3) is 7.57. The Labute approximate surface area is 157 Å². The topological polar surface area (TPSA) is 80.3 Å². The Morgan fingerprint density at radius 3 is 2.46 bits per heavy atom. The van der Waals surface area contributed by atoms with Crippen LogP contribution < -0.4 is 10.6 Å². The number of hydrogen-bond acceptors (Lipinski definition) is 5. The highest BCUT2D eigenvalue weighted by atomic mass is 32.2. The Morgan fingerprint density at radius 2 is 1.85 bits per heavy atom. The summed E-state index contributed by atoms with van der Waals surface area (Å²) >= 11 is 1.62. The SMILES string of the molecule is CC(C)(C)OC(=O)NCC(=O)Nc1ccc(SCc2ccccc2)nc1. The molecular weight excluding hydrogens is 350 g/mol. The first-order valence-electron chi connectivity index (χ1n) is 8.21. The Balaban J connectivity index is 1.76. The van der Waals surface area contributed by atoms with Crippen LogP contribution in [0.3, 0.4) is 0 Å². The number of hydrogen-bond donors (Lipinski definition) is 2. The number of thioether (sulfide) groups is 1. The summed E-state index contributed by atoms with van der Waals surface area (Å²) in [6.07, 6.45) is 0.969. The van der Waals surface area contributed by atoms with Crippen molar-refractivity contribution >= 4 is 29.4 Å². The predicted octanol–water partition coefficient (Wildman–Crippen LogP) is 3.84. The Hall–Kier alpha value is -2.54. The van der Waals surface area contributed by atoms with Gasteiger partial charge in [0.05, 0.1) is 16.9 Å². The van der Waals surface area contributed by atoms with Gasteiger partial charge in [0.15, 0.2) is 0 Å². The number of alkyl carbamates (subject to hydrolysis) is 1. The van der Waals surface area contributed by atoms with Crippen molar-refractivity contribution in [3.8, 4) is 0 Å². The lowest BCUT2D eigenvalue weighted by atomic mass is 10.2. The van der Waals surface area contributed by atoms with Crippen molar-refractivity contribution in [1.82, 2.24) is 10.3 Å². The minimum absolute atomic E-state index is 0.167. The third-order valence-corrected chi connectivity index (χ3v) is 4.06. The van der Waals surface area contributed by atoms with Crippen LogP contribution >= 0.6 is 11.8 Å². The van der Waals surface area contributed by atoms with Crippen molar-refractivity contribution in [2.24, 2.45) is 0 Å². The average Bonchev–Trinajstić information content (AvgIpc) is 2.59. The van der Waals surface area contributed by atoms with Crippen LogP contribution in [0.5, 0.6) is 0 Å². The summed E-state index contributed by atoms with van der Waals surface area (Å²) in [6, 6.07) is 13.8. The minimum Gasteiger partial charge on any atom is -0.444 e. The van der Waals surface area contributed by atoms with Crippen molar-refractivity contribution < 1.29 is 14.3 Å². The number of carbonyl (C=O) groups is 2. The van der Waals surface area contributed by atoms with Gasteiger partial charge in [0.1, 0.15) is 12.1 Å². The van der Waals surface area contributed by atoms with Gasteiger partial charge in [-0.15, -0.1) is 11.8 Å². The second-order valence-corrected chi connectivity index (χ2v) is 7.56. The summed E-state index contributed by atoms with van der Waals surface area (Å²) in [5.74, 6) is 0.488. The number of ether oxygens (including phenoxy) is 1. The molecule has 0 spiro atoms. The van der Waals surface area contributed by atoms with E-state index in [0.29, 0.717) is 5.69 Å². The van der Waals surface area contributed by atoms with Gasteiger partial charge in [-0.2, -0.15) is 0 Å². The number of amides is 2. The first kappa shape index (κ1) is 19.8. The summed E-state index contributed by atoms with van der Waals surface area (Å²) < 4.78 is 5.07. The van der Waals surface area contributed by atoms with Gasteiger partial charge < -0.3 is 15.4 Å². The highest BCUT2D eigenvalue weighted by Gasteiger charge is 2.16. The number of pyridine rings is 1. The molecule has 0 saturated heterocycles. The molecular formula is C19H23N3O3S. The van der Waals surface area contributed by atoms with E-state index in [-0.39, 0.29) is 12.5 Å². The number of nitrogens with one attached hydrogen (secondary N) is 2. The zero-order valence-corrected chi connectivity index (χ0v) is 15.9. The fraction of sp³-hybridized carbons (Fsp3) is 0.316. The molecule has 7 heteroatoms. The van der Waals surface area contributed by atoms with Gasteiger partial charge in [-0.3, -0.25) is 4.79 Å². The number of benzene rings is 1. The molecule has 2 N–H and O–H groups in total. The number of nitrogens with zero attached hydrogens (tertiary/aromatic N) is 1. The summed E-state index contributed by atoms with van der Waals surface area (Å²) in [7, 11) is 0. The maximum Gasteiger partial charge on any atom is 0.408 e. The minimum atomic E-state index is -0.626. The molecule has 0 unspecified atom stereocenters. The molecule has 138 valence electrons. The van der Waals surface area contributed by atoms with E-state index in [1.54, 1.807) is 44.8 Å². The van der Waals surface area contributed by atoms with E-state index >= 15 is 0 Å². The molecule has 0 saturated carbocycles. The van der Waals surface area contributed by atoms with Gasteiger partial charge >= 0.3 is 6.09 Å². The van der Waals surface area contributed by atoms with Crippen LogP contribution in [0.2, 0.25) is 0 Å². The highest BCUT2D eigenvalue weighted by molar-refractivity contribution is 7.98. The van der Waals surface area contributed by atoms with Crippen molar-refractivity contribution in [2.45, 2.75) is 37.2 Å². The van der Waals surface area contributed by atoms with Gasteiger partial charge in [0, 0.05) is 5.75 Å². The standard InChI is InChI=1S/C19H23N3O3S/c1-19(2,3)25-18(24)21-12-16(23)22-15-9-10-17(20-11-15)26-13-14-7-5-4-6-8-14/h4-11H,12-13H2,1-3H3,(H,21,24)(H,22,23). The van der Waals surface area contributed by atoms with Crippen LogP contribution in [0.4, 0.5) is 10.5 Å². The highest BCUT2D eigenvalue weighted by Crippen LogP contribution is 2.21. The summed E-state index contributed by atoms with van der Waals surface area (Å²) in [4.78, 5) is 27.7. The molecule has 1 heterocycles.